The Hall–Kier alpha value is -3.72. The molecule has 2 atom stereocenters. The van der Waals surface area contributed by atoms with E-state index in [1.807, 2.05) is 31.3 Å². The minimum atomic E-state index is -0.523. The van der Waals surface area contributed by atoms with Crippen LogP contribution in [0.5, 0.6) is 11.5 Å². The highest BCUT2D eigenvalue weighted by Crippen LogP contribution is 2.40. The van der Waals surface area contributed by atoms with Crippen LogP contribution in [0.4, 0.5) is 5.69 Å². The molecular formula is C22H22N5O4+. The van der Waals surface area contributed by atoms with Gasteiger partial charge in [0.2, 0.25) is 0 Å². The molecule has 2 aliphatic rings. The number of carbonyl (C=O) groups excluding carboxylic acids is 2. The van der Waals surface area contributed by atoms with Gasteiger partial charge in [0, 0.05) is 11.6 Å². The van der Waals surface area contributed by atoms with Crippen LogP contribution < -0.4 is 19.3 Å². The number of amides is 1. The van der Waals surface area contributed by atoms with Crippen molar-refractivity contribution in [2.75, 3.05) is 31.8 Å². The molecule has 0 saturated carbocycles. The fraction of sp³-hybridized carbons (Fsp3) is 0.273. The molecule has 5 rings (SSSR count). The summed E-state index contributed by atoms with van der Waals surface area (Å²) in [4.78, 5) is 31.8. The fourth-order valence-electron chi connectivity index (χ4n) is 3.92. The van der Waals surface area contributed by atoms with Gasteiger partial charge in [0.15, 0.2) is 18.2 Å². The zero-order valence-electron chi connectivity index (χ0n) is 17.2. The van der Waals surface area contributed by atoms with Gasteiger partial charge < -0.3 is 14.4 Å². The predicted molar refractivity (Wildman–Crippen MR) is 111 cm³/mol. The molecule has 1 amide bonds. The fourth-order valence-corrected chi connectivity index (χ4v) is 3.92. The van der Waals surface area contributed by atoms with Crippen LogP contribution in [0.3, 0.4) is 0 Å². The third-order valence-electron chi connectivity index (χ3n) is 5.86. The molecule has 2 aliphatic heterocycles. The number of quaternary nitrogens is 1. The number of rotatable bonds is 5. The van der Waals surface area contributed by atoms with Gasteiger partial charge in [-0.2, -0.15) is 5.10 Å². The van der Waals surface area contributed by atoms with E-state index in [2.05, 4.69) is 17.0 Å². The summed E-state index contributed by atoms with van der Waals surface area (Å²) in [5.74, 6) is 0.0384. The number of nitrogens with zero attached hydrogens (tertiary/aromatic N) is 4. The van der Waals surface area contributed by atoms with Crippen LogP contribution in [0, 0.1) is 0 Å². The number of aromatic nitrogens is 3. The minimum absolute atomic E-state index is 0.0916. The van der Waals surface area contributed by atoms with E-state index >= 15 is 0 Å². The first-order valence-corrected chi connectivity index (χ1v) is 10.1. The topological polar surface area (TPSA) is 91.0 Å². The summed E-state index contributed by atoms with van der Waals surface area (Å²) >= 11 is 0. The molecule has 2 aromatic carbocycles. The molecule has 9 heteroatoms. The van der Waals surface area contributed by atoms with Crippen molar-refractivity contribution in [3.63, 3.8) is 0 Å². The van der Waals surface area contributed by atoms with Gasteiger partial charge in [-0.25, -0.2) is 9.67 Å². The first kappa shape index (κ1) is 19.3. The van der Waals surface area contributed by atoms with Gasteiger partial charge in [0.05, 0.1) is 24.0 Å². The lowest BCUT2D eigenvalue weighted by Crippen LogP contribution is -3.10. The lowest BCUT2D eigenvalue weighted by Gasteiger charge is -2.27. The molecule has 1 unspecified atom stereocenters. The number of ketones is 1. The molecule has 0 fully saturated rings. The molecule has 9 nitrogen and oxygen atoms in total. The van der Waals surface area contributed by atoms with Crippen LogP contribution in [0.1, 0.15) is 28.9 Å². The summed E-state index contributed by atoms with van der Waals surface area (Å²) < 4.78 is 12.9. The van der Waals surface area contributed by atoms with Crippen LogP contribution in [0.15, 0.2) is 49.1 Å². The van der Waals surface area contributed by atoms with Gasteiger partial charge in [-0.05, 0) is 25.1 Å². The summed E-state index contributed by atoms with van der Waals surface area (Å²) in [6, 6.07) is 11.5. The molecule has 0 radical (unpaired) electrons. The number of benzene rings is 2. The van der Waals surface area contributed by atoms with Crippen molar-refractivity contribution in [3.05, 3.63) is 60.2 Å². The standard InChI is InChI=1S/C22H21N5O4/c1-14(15-3-5-16(6-4-15)27-12-23-11-24-27)25(2)13-26-18-10-20-19(30-7-8-31-20)9-17(18)21(28)22(26)29/h3-6,9-12,14H,7-8,13H2,1-2H3/p+1/t14-/m1/s1. The van der Waals surface area contributed by atoms with Crippen molar-refractivity contribution >= 4 is 17.4 Å². The Morgan fingerprint density at radius 3 is 2.48 bits per heavy atom. The van der Waals surface area contributed by atoms with Gasteiger partial charge in [0.25, 0.3) is 5.78 Å². The SMILES string of the molecule is C[C@H](c1ccc(-n2cncn2)cc1)[NH+](C)CN1C(=O)C(=O)c2cc3c(cc21)OCCO3. The molecule has 31 heavy (non-hydrogen) atoms. The first-order valence-electron chi connectivity index (χ1n) is 10.1. The Kier molecular flexibility index (Phi) is 4.67. The summed E-state index contributed by atoms with van der Waals surface area (Å²) in [6.45, 7) is 3.31. The van der Waals surface area contributed by atoms with Crippen molar-refractivity contribution in [1.29, 1.82) is 0 Å². The van der Waals surface area contributed by atoms with E-state index in [9.17, 15) is 9.59 Å². The monoisotopic (exact) mass is 420 g/mol. The Balaban J connectivity index is 1.36. The summed E-state index contributed by atoms with van der Waals surface area (Å²) in [5.41, 5.74) is 2.98. The Bertz CT molecular complexity index is 1140. The Labute approximate surface area is 178 Å². The van der Waals surface area contributed by atoms with E-state index < -0.39 is 11.7 Å². The van der Waals surface area contributed by atoms with Gasteiger partial charge in [0.1, 0.15) is 31.9 Å². The number of carbonyl (C=O) groups is 2. The van der Waals surface area contributed by atoms with Crippen LogP contribution in [-0.4, -0.2) is 53.4 Å². The van der Waals surface area contributed by atoms with Gasteiger partial charge >= 0.3 is 5.91 Å². The molecule has 3 aromatic rings. The first-order chi connectivity index (χ1) is 15.0. The van der Waals surface area contributed by atoms with E-state index in [1.165, 1.54) is 11.2 Å². The number of hydrogen-bond acceptors (Lipinski definition) is 6. The van der Waals surface area contributed by atoms with Crippen molar-refractivity contribution < 1.29 is 24.0 Å². The highest BCUT2D eigenvalue weighted by molar-refractivity contribution is 6.52. The molecule has 158 valence electrons. The van der Waals surface area contributed by atoms with Gasteiger partial charge in [-0.1, -0.05) is 12.1 Å². The number of fused-ring (bicyclic) bond motifs is 2. The van der Waals surface area contributed by atoms with Crippen LogP contribution in [-0.2, 0) is 4.79 Å². The van der Waals surface area contributed by atoms with E-state index in [-0.39, 0.29) is 6.04 Å². The number of ether oxygens (including phenoxy) is 2. The third-order valence-corrected chi connectivity index (χ3v) is 5.86. The Morgan fingerprint density at radius 2 is 1.81 bits per heavy atom. The van der Waals surface area contributed by atoms with Gasteiger partial charge in [-0.3, -0.25) is 14.5 Å². The van der Waals surface area contributed by atoms with Crippen molar-refractivity contribution in [2.45, 2.75) is 13.0 Å². The lowest BCUT2D eigenvalue weighted by molar-refractivity contribution is -0.909. The normalized spacial score (nSPS) is 16.9. The highest BCUT2D eigenvalue weighted by Gasteiger charge is 2.39. The quantitative estimate of drug-likeness (QED) is 0.614. The Morgan fingerprint density at radius 1 is 1.10 bits per heavy atom. The van der Waals surface area contributed by atoms with Crippen molar-refractivity contribution in [1.82, 2.24) is 14.8 Å². The van der Waals surface area contributed by atoms with Crippen molar-refractivity contribution in [2.24, 2.45) is 0 Å². The summed E-state index contributed by atoms with van der Waals surface area (Å²) in [6.07, 6.45) is 3.14. The van der Waals surface area contributed by atoms with Gasteiger partial charge in [-0.15, -0.1) is 0 Å². The maximum atomic E-state index is 12.7. The molecular weight excluding hydrogens is 398 g/mol. The highest BCUT2D eigenvalue weighted by atomic mass is 16.6. The smallest absolute Gasteiger partial charge is 0.303 e. The second-order valence-electron chi connectivity index (χ2n) is 7.73. The van der Waals surface area contributed by atoms with E-state index in [1.54, 1.807) is 23.1 Å². The second-order valence-corrected chi connectivity index (χ2v) is 7.73. The van der Waals surface area contributed by atoms with E-state index in [0.717, 1.165) is 16.2 Å². The summed E-state index contributed by atoms with van der Waals surface area (Å²) in [5, 5.41) is 4.14. The minimum Gasteiger partial charge on any atom is -0.486 e. The number of hydrogen-bond donors (Lipinski definition) is 1. The molecule has 3 heterocycles. The molecule has 0 bridgehead atoms. The number of nitrogens with one attached hydrogen (secondary N) is 1. The lowest BCUT2D eigenvalue weighted by atomic mass is 10.1. The number of Topliss-reactive ketones (excluding diaryl/α,β-unsaturated/α-hetero) is 1. The molecule has 0 saturated heterocycles. The van der Waals surface area contributed by atoms with E-state index in [4.69, 9.17) is 9.47 Å². The second kappa shape index (κ2) is 7.51. The third kappa shape index (κ3) is 3.32. The molecule has 1 aromatic heterocycles. The number of anilines is 1. The molecule has 1 N–H and O–H groups in total. The van der Waals surface area contributed by atoms with Crippen LogP contribution >= 0.6 is 0 Å². The maximum absolute atomic E-state index is 12.7. The predicted octanol–water partition coefficient (Wildman–Crippen LogP) is 0.801. The largest absolute Gasteiger partial charge is 0.486 e. The van der Waals surface area contributed by atoms with E-state index in [0.29, 0.717) is 42.6 Å². The van der Waals surface area contributed by atoms with Crippen LogP contribution in [0.2, 0.25) is 0 Å². The molecule has 0 aliphatic carbocycles. The average molecular weight is 420 g/mol. The molecule has 0 spiro atoms. The van der Waals surface area contributed by atoms with Crippen molar-refractivity contribution in [3.8, 4) is 17.2 Å². The summed E-state index contributed by atoms with van der Waals surface area (Å²) in [7, 11) is 2.00. The zero-order valence-corrected chi connectivity index (χ0v) is 17.2. The maximum Gasteiger partial charge on any atom is 0.303 e. The van der Waals surface area contributed by atoms with Crippen LogP contribution in [0.25, 0.3) is 5.69 Å². The zero-order chi connectivity index (χ0) is 21.5. The average Bonchev–Trinajstić information content (AvgIpc) is 3.41.